The van der Waals surface area contributed by atoms with Gasteiger partial charge in [-0.05, 0) is 50.1 Å². The first kappa shape index (κ1) is 13.8. The van der Waals surface area contributed by atoms with Gasteiger partial charge in [0.2, 0.25) is 0 Å². The van der Waals surface area contributed by atoms with Gasteiger partial charge in [-0.3, -0.25) is 14.3 Å². The fourth-order valence-corrected chi connectivity index (χ4v) is 2.17. The van der Waals surface area contributed by atoms with Gasteiger partial charge in [-0.2, -0.15) is 0 Å². The lowest BCUT2D eigenvalue weighted by Crippen LogP contribution is -2.08. The van der Waals surface area contributed by atoms with Gasteiger partial charge in [0.05, 0.1) is 22.9 Å². The Balaban J connectivity index is 2.03. The number of imidazole rings is 1. The van der Waals surface area contributed by atoms with Crippen molar-refractivity contribution in [1.82, 2.24) is 14.5 Å². The molecule has 22 heavy (non-hydrogen) atoms. The van der Waals surface area contributed by atoms with Crippen molar-refractivity contribution in [2.24, 2.45) is 0 Å². The molecule has 0 fully saturated rings. The highest BCUT2D eigenvalue weighted by Gasteiger charge is 2.07. The van der Waals surface area contributed by atoms with Crippen LogP contribution in [0.3, 0.4) is 0 Å². The molecule has 1 amide bonds. The summed E-state index contributed by atoms with van der Waals surface area (Å²) in [6, 6.07) is 9.48. The van der Waals surface area contributed by atoms with Crippen LogP contribution in [0.1, 0.15) is 12.6 Å². The second-order valence-corrected chi connectivity index (χ2v) is 4.80. The van der Waals surface area contributed by atoms with Crippen LogP contribution in [0.2, 0.25) is 0 Å². The molecule has 0 radical (unpaired) electrons. The van der Waals surface area contributed by atoms with Gasteiger partial charge in [-0.15, -0.1) is 0 Å². The monoisotopic (exact) mass is 290 g/mol. The Morgan fingerprint density at radius 2 is 2.09 bits per heavy atom. The van der Waals surface area contributed by atoms with Gasteiger partial charge in [0, 0.05) is 11.4 Å². The first-order valence-electron chi connectivity index (χ1n) is 6.81. The average Bonchev–Trinajstić information content (AvgIpc) is 2.91. The van der Waals surface area contributed by atoms with Crippen molar-refractivity contribution in [1.29, 1.82) is 0 Å². The SMILES string of the molecule is CC#CC(=O)Nc1ccc2ncn(-c3ccc(C)nc3)c2c1. The Bertz CT molecular complexity index is 898. The number of hydrogen-bond acceptors (Lipinski definition) is 3. The van der Waals surface area contributed by atoms with Crippen LogP contribution in [0.25, 0.3) is 16.7 Å². The fourth-order valence-electron chi connectivity index (χ4n) is 2.17. The van der Waals surface area contributed by atoms with E-state index in [4.69, 9.17) is 0 Å². The van der Waals surface area contributed by atoms with Crippen LogP contribution in [0.4, 0.5) is 5.69 Å². The molecule has 1 N–H and O–H groups in total. The Labute approximate surface area is 128 Å². The van der Waals surface area contributed by atoms with Crippen LogP contribution in [0.15, 0.2) is 42.9 Å². The van der Waals surface area contributed by atoms with Gasteiger partial charge >= 0.3 is 0 Å². The number of pyridine rings is 1. The molecule has 5 heteroatoms. The number of carbonyl (C=O) groups is 1. The minimum atomic E-state index is -0.329. The van der Waals surface area contributed by atoms with Crippen molar-refractivity contribution in [3.8, 4) is 17.5 Å². The van der Waals surface area contributed by atoms with Crippen LogP contribution in [-0.4, -0.2) is 20.4 Å². The summed E-state index contributed by atoms with van der Waals surface area (Å²) < 4.78 is 1.93. The molecule has 2 aromatic heterocycles. The van der Waals surface area contributed by atoms with E-state index in [9.17, 15) is 4.79 Å². The molecule has 0 unspecified atom stereocenters. The second kappa shape index (κ2) is 5.70. The van der Waals surface area contributed by atoms with Crippen LogP contribution >= 0.6 is 0 Å². The van der Waals surface area contributed by atoms with E-state index in [2.05, 4.69) is 27.1 Å². The number of anilines is 1. The molecule has 0 saturated heterocycles. The number of benzene rings is 1. The van der Waals surface area contributed by atoms with Gasteiger partial charge in [0.25, 0.3) is 5.91 Å². The average molecular weight is 290 g/mol. The van der Waals surface area contributed by atoms with Crippen molar-refractivity contribution < 1.29 is 4.79 Å². The normalized spacial score (nSPS) is 10.1. The third-order valence-electron chi connectivity index (χ3n) is 3.22. The largest absolute Gasteiger partial charge is 0.315 e. The van der Waals surface area contributed by atoms with E-state index in [-0.39, 0.29) is 5.91 Å². The van der Waals surface area contributed by atoms with Gasteiger partial charge in [-0.1, -0.05) is 5.92 Å². The zero-order valence-electron chi connectivity index (χ0n) is 12.3. The predicted molar refractivity (Wildman–Crippen MR) is 85.7 cm³/mol. The molecule has 3 rings (SSSR count). The topological polar surface area (TPSA) is 59.8 Å². The number of hydrogen-bond donors (Lipinski definition) is 1. The summed E-state index contributed by atoms with van der Waals surface area (Å²) >= 11 is 0. The molecule has 0 aliphatic carbocycles. The zero-order valence-corrected chi connectivity index (χ0v) is 12.3. The van der Waals surface area contributed by atoms with Crippen molar-refractivity contribution >= 4 is 22.6 Å². The maximum atomic E-state index is 11.6. The summed E-state index contributed by atoms with van der Waals surface area (Å²) in [6.45, 7) is 3.57. The van der Waals surface area contributed by atoms with Crippen LogP contribution < -0.4 is 5.32 Å². The first-order valence-corrected chi connectivity index (χ1v) is 6.81. The van der Waals surface area contributed by atoms with Crippen LogP contribution in [-0.2, 0) is 4.79 Å². The van der Waals surface area contributed by atoms with E-state index in [0.29, 0.717) is 5.69 Å². The molecule has 0 aliphatic heterocycles. The number of nitrogens with one attached hydrogen (secondary N) is 1. The van der Waals surface area contributed by atoms with Crippen molar-refractivity contribution in [2.45, 2.75) is 13.8 Å². The Morgan fingerprint density at radius 1 is 1.23 bits per heavy atom. The predicted octanol–water partition coefficient (Wildman–Crippen LogP) is 2.69. The summed E-state index contributed by atoms with van der Waals surface area (Å²) in [6.07, 6.45) is 3.54. The number of carbonyl (C=O) groups excluding carboxylic acids is 1. The highest BCUT2D eigenvalue weighted by Crippen LogP contribution is 2.21. The standard InChI is InChI=1S/C17H14N4O/c1-3-4-17(22)20-13-6-8-15-16(9-13)21(11-19-15)14-7-5-12(2)18-10-14/h5-11H,1-2H3,(H,20,22). The van der Waals surface area contributed by atoms with Crippen LogP contribution in [0.5, 0.6) is 0 Å². The lowest BCUT2D eigenvalue weighted by atomic mass is 10.2. The maximum Gasteiger partial charge on any atom is 0.300 e. The van der Waals surface area contributed by atoms with E-state index in [1.54, 1.807) is 19.4 Å². The van der Waals surface area contributed by atoms with E-state index < -0.39 is 0 Å². The third-order valence-corrected chi connectivity index (χ3v) is 3.22. The molecule has 5 nitrogen and oxygen atoms in total. The minimum Gasteiger partial charge on any atom is -0.315 e. The molecule has 0 atom stereocenters. The highest BCUT2D eigenvalue weighted by molar-refractivity contribution is 6.04. The van der Waals surface area contributed by atoms with Gasteiger partial charge in [-0.25, -0.2) is 4.98 Å². The number of aromatic nitrogens is 3. The van der Waals surface area contributed by atoms with Gasteiger partial charge in [0.15, 0.2) is 0 Å². The number of rotatable bonds is 2. The van der Waals surface area contributed by atoms with E-state index in [1.165, 1.54) is 0 Å². The molecule has 0 spiro atoms. The molecule has 2 heterocycles. The summed E-state index contributed by atoms with van der Waals surface area (Å²) in [7, 11) is 0. The number of fused-ring (bicyclic) bond motifs is 1. The third kappa shape index (κ3) is 2.67. The smallest absolute Gasteiger partial charge is 0.300 e. The Morgan fingerprint density at radius 3 is 2.82 bits per heavy atom. The molecule has 0 aliphatic rings. The molecule has 1 aromatic carbocycles. The van der Waals surface area contributed by atoms with Gasteiger partial charge < -0.3 is 5.32 Å². The maximum absolute atomic E-state index is 11.6. The Kier molecular flexibility index (Phi) is 3.58. The van der Waals surface area contributed by atoms with Crippen molar-refractivity contribution in [3.63, 3.8) is 0 Å². The molecule has 108 valence electrons. The number of nitrogens with zero attached hydrogens (tertiary/aromatic N) is 3. The van der Waals surface area contributed by atoms with Crippen LogP contribution in [0, 0.1) is 18.8 Å². The lowest BCUT2D eigenvalue weighted by molar-refractivity contribution is -0.111. The molecular formula is C17H14N4O. The van der Waals surface area contributed by atoms with Crippen molar-refractivity contribution in [3.05, 3.63) is 48.5 Å². The molecular weight excluding hydrogens is 276 g/mol. The second-order valence-electron chi connectivity index (χ2n) is 4.80. The summed E-state index contributed by atoms with van der Waals surface area (Å²) in [5, 5.41) is 2.74. The molecule has 3 aromatic rings. The van der Waals surface area contributed by atoms with Gasteiger partial charge in [0.1, 0.15) is 6.33 Å². The summed E-state index contributed by atoms with van der Waals surface area (Å²) in [5.41, 5.74) is 4.30. The molecule has 0 bridgehead atoms. The Hall–Kier alpha value is -3.13. The quantitative estimate of drug-likeness (QED) is 0.738. The minimum absolute atomic E-state index is 0.329. The fraction of sp³-hybridized carbons (Fsp3) is 0.118. The summed E-state index contributed by atoms with van der Waals surface area (Å²) in [4.78, 5) is 20.2. The molecule has 0 saturated carbocycles. The highest BCUT2D eigenvalue weighted by atomic mass is 16.1. The first-order chi connectivity index (χ1) is 10.7. The number of aryl methyl sites for hydroxylation is 1. The number of amides is 1. The van der Waals surface area contributed by atoms with E-state index >= 15 is 0 Å². The van der Waals surface area contributed by atoms with Crippen molar-refractivity contribution in [2.75, 3.05) is 5.32 Å². The summed E-state index contributed by atoms with van der Waals surface area (Å²) in [5.74, 6) is 4.70. The van der Waals surface area contributed by atoms with E-state index in [1.807, 2.05) is 41.8 Å². The lowest BCUT2D eigenvalue weighted by Gasteiger charge is -2.06. The zero-order chi connectivity index (χ0) is 15.5. The van der Waals surface area contributed by atoms with E-state index in [0.717, 1.165) is 22.4 Å².